The molecule has 0 amide bonds. The standard InChI is InChI=1S/C23H18Cl2N2O6S.Sn/c1-31-20-10-14(11-22(28)32-2)6-8-18(20)33-19-5-3-4-15(13-26)23(19)27-34(29,30)21-9-7-16(24)12-17(21)25;/h3,5-10,12-13,27H,11H2,1-2H3;/q-1;+1. The molecule has 180 valence electrons. The topological polar surface area (TPSA) is 103 Å². The fourth-order valence-electron chi connectivity index (χ4n) is 3.33. The maximum absolute atomic E-state index is 13.2. The Balaban J connectivity index is 1.73. The van der Waals surface area contributed by atoms with Gasteiger partial charge in [0.2, 0.25) is 0 Å². The monoisotopic (exact) mass is 640 g/mol. The van der Waals surface area contributed by atoms with E-state index >= 15 is 0 Å². The Morgan fingerprint density at radius 3 is 2.51 bits per heavy atom. The van der Waals surface area contributed by atoms with Gasteiger partial charge in [-0.3, -0.25) is 0 Å². The van der Waals surface area contributed by atoms with Crippen molar-refractivity contribution in [2.45, 2.75) is 11.3 Å². The van der Waals surface area contributed by atoms with Crippen molar-refractivity contribution in [3.05, 3.63) is 69.7 Å². The molecule has 0 bridgehead atoms. The second-order valence-electron chi connectivity index (χ2n) is 7.29. The van der Waals surface area contributed by atoms with E-state index in [2.05, 4.69) is 7.94 Å². The number of benzene rings is 3. The molecule has 3 aromatic carbocycles. The van der Waals surface area contributed by atoms with Gasteiger partial charge in [-0.25, -0.2) is 0 Å². The number of rotatable bonds is 8. The fourth-order valence-corrected chi connectivity index (χ4v) is 7.48. The third kappa shape index (κ3) is 5.69. The Morgan fingerprint density at radius 1 is 1.03 bits per heavy atom. The number of ether oxygens (including phenoxy) is 3. The van der Waals surface area contributed by atoms with Crippen LogP contribution in [0.3, 0.4) is 0 Å². The van der Waals surface area contributed by atoms with Gasteiger partial charge in [0, 0.05) is 0 Å². The second-order valence-corrected chi connectivity index (χ2v) is 12.7. The molecule has 0 aromatic heterocycles. The zero-order valence-corrected chi connectivity index (χ0v) is 23.6. The van der Waals surface area contributed by atoms with Crippen molar-refractivity contribution >= 4 is 76.1 Å². The first-order valence-corrected chi connectivity index (χ1v) is 15.0. The molecule has 3 aromatic rings. The van der Waals surface area contributed by atoms with Gasteiger partial charge in [-0.2, -0.15) is 0 Å². The first kappa shape index (κ1) is 25.6. The predicted molar refractivity (Wildman–Crippen MR) is 135 cm³/mol. The van der Waals surface area contributed by atoms with Gasteiger partial charge in [0.05, 0.1) is 7.11 Å². The Labute approximate surface area is 222 Å². The molecular weight excluding hydrogens is 622 g/mol. The van der Waals surface area contributed by atoms with E-state index in [4.69, 9.17) is 37.4 Å². The van der Waals surface area contributed by atoms with Gasteiger partial charge in [0.15, 0.2) is 0 Å². The van der Waals surface area contributed by atoms with E-state index in [9.17, 15) is 13.2 Å². The van der Waals surface area contributed by atoms with Crippen molar-refractivity contribution in [2.75, 3.05) is 18.9 Å². The van der Waals surface area contributed by atoms with Crippen LogP contribution in [0.25, 0.3) is 0 Å². The molecule has 8 nitrogen and oxygen atoms in total. The number of methoxy groups -OCH3 is 2. The van der Waals surface area contributed by atoms with E-state index in [0.29, 0.717) is 27.6 Å². The predicted octanol–water partition coefficient (Wildman–Crippen LogP) is 3.99. The van der Waals surface area contributed by atoms with Crippen molar-refractivity contribution in [1.29, 1.82) is 0 Å². The van der Waals surface area contributed by atoms with Crippen LogP contribution >= 0.6 is 23.2 Å². The van der Waals surface area contributed by atoms with Gasteiger partial charge in [0.1, 0.15) is 0 Å². The average Bonchev–Trinajstić information content (AvgIpc) is 3.30. The first-order chi connectivity index (χ1) is 16.7. The summed E-state index contributed by atoms with van der Waals surface area (Å²) in [6.07, 6.45) is 1.73. The molecule has 1 aliphatic heterocycles. The number of carbonyl (C=O) groups excluding carboxylic acids is 1. The molecule has 1 N–H and O–H groups in total. The van der Waals surface area contributed by atoms with E-state index < -0.39 is 31.4 Å². The molecule has 0 saturated heterocycles. The number of hydrogen-bond donors (Lipinski definition) is 1. The van der Waals surface area contributed by atoms with Gasteiger partial charge in [-0.15, -0.1) is 0 Å². The molecule has 0 fully saturated rings. The Hall–Kier alpha value is -2.47. The van der Waals surface area contributed by atoms with Crippen LogP contribution in [-0.2, 0) is 26.0 Å². The van der Waals surface area contributed by atoms with Crippen molar-refractivity contribution < 1.29 is 27.4 Å². The van der Waals surface area contributed by atoms with Gasteiger partial charge >= 0.3 is 217 Å². The summed E-state index contributed by atoms with van der Waals surface area (Å²) in [6.45, 7) is 0. The van der Waals surface area contributed by atoms with E-state index in [1.807, 2.05) is 6.07 Å². The van der Waals surface area contributed by atoms with E-state index in [1.54, 1.807) is 30.5 Å². The zero-order chi connectivity index (χ0) is 25.2. The quantitative estimate of drug-likeness (QED) is 0.296. The number of carbonyl (C=O) groups is 1. The van der Waals surface area contributed by atoms with E-state index in [1.165, 1.54) is 32.4 Å². The molecule has 0 saturated carbocycles. The minimum absolute atomic E-state index is 0.00643. The van der Waals surface area contributed by atoms with Crippen molar-refractivity contribution in [1.82, 2.24) is 0 Å². The molecule has 1 heterocycles. The van der Waals surface area contributed by atoms with Crippen LogP contribution in [0.1, 0.15) is 11.1 Å². The number of esters is 1. The second kappa shape index (κ2) is 10.6. The molecule has 0 aliphatic carbocycles. The average molecular weight is 640 g/mol. The third-order valence-corrected chi connectivity index (χ3v) is 9.77. The molecule has 1 aliphatic rings. The van der Waals surface area contributed by atoms with Crippen LogP contribution in [-0.4, -0.2) is 56.2 Å². The van der Waals surface area contributed by atoms with Crippen molar-refractivity contribution in [3.63, 3.8) is 0 Å². The fraction of sp³-hybridized carbons (Fsp3) is 0.130. The van der Waals surface area contributed by atoms with Gasteiger partial charge in [-0.05, 0) is 0 Å². The Kier molecular flexibility index (Phi) is 7.79. The molecule has 0 atom stereocenters. The molecule has 4 rings (SSSR count). The summed E-state index contributed by atoms with van der Waals surface area (Å²) in [5.41, 5.74) is 1.58. The summed E-state index contributed by atoms with van der Waals surface area (Å²) < 4.78 is 50.8. The number of hydrogen-bond acceptors (Lipinski definition) is 7. The normalized spacial score (nSPS) is 12.2. The number of anilines is 1. The molecule has 12 heteroatoms. The van der Waals surface area contributed by atoms with Crippen LogP contribution in [0.4, 0.5) is 5.69 Å². The van der Waals surface area contributed by atoms with Gasteiger partial charge < -0.3 is 0 Å². The SMILES string of the molecule is COC(=O)Cc1ccc(Oc2cc[c]3c(c2NS(=O)(=O)c2ccc(Cl)cc2Cl)C=[N][Sn]3)c(OC)c1. The van der Waals surface area contributed by atoms with Crippen LogP contribution in [0.15, 0.2) is 56.6 Å². The number of sulfonamides is 1. The number of fused-ring (bicyclic) bond motifs is 1. The van der Waals surface area contributed by atoms with Crippen LogP contribution in [0.5, 0.6) is 17.2 Å². The Morgan fingerprint density at radius 2 is 1.80 bits per heavy atom. The summed E-state index contributed by atoms with van der Waals surface area (Å²) in [5.74, 6) is 0.568. The van der Waals surface area contributed by atoms with Crippen LogP contribution < -0.4 is 17.8 Å². The number of nitrogens with zero attached hydrogens (tertiary/aromatic N) is 1. The summed E-state index contributed by atoms with van der Waals surface area (Å²) in [6, 6.07) is 12.7. The first-order valence-electron chi connectivity index (χ1n) is 10.1. The van der Waals surface area contributed by atoms with Crippen molar-refractivity contribution in [3.8, 4) is 17.2 Å². The molecule has 35 heavy (non-hydrogen) atoms. The van der Waals surface area contributed by atoms with Crippen molar-refractivity contribution in [2.24, 2.45) is 3.21 Å². The van der Waals surface area contributed by atoms with Gasteiger partial charge in [0.25, 0.3) is 0 Å². The molecule has 0 spiro atoms. The van der Waals surface area contributed by atoms with Crippen LogP contribution in [0, 0.1) is 0 Å². The van der Waals surface area contributed by atoms with Gasteiger partial charge in [-0.1, -0.05) is 0 Å². The maximum atomic E-state index is 13.2. The molecule has 0 unspecified atom stereocenters. The number of nitrogens with one attached hydrogen (secondary N) is 1. The summed E-state index contributed by atoms with van der Waals surface area (Å²) in [7, 11) is -1.29. The van der Waals surface area contributed by atoms with E-state index in [0.717, 1.165) is 3.58 Å². The zero-order valence-electron chi connectivity index (χ0n) is 18.5. The Bertz CT molecular complexity index is 1450. The summed E-state index contributed by atoms with van der Waals surface area (Å²) >= 11 is 10.9. The molecular formula is C23H18Cl2N2O6SSn. The molecule has 2 radical (unpaired) electrons. The minimum atomic E-state index is -4.08. The number of halogens is 2. The summed E-state index contributed by atoms with van der Waals surface area (Å²) in [4.78, 5) is 11.5. The van der Waals surface area contributed by atoms with Crippen LogP contribution in [0.2, 0.25) is 10.0 Å². The summed E-state index contributed by atoms with van der Waals surface area (Å²) in [5, 5.41) is 0.314. The third-order valence-electron chi connectivity index (χ3n) is 5.03. The van der Waals surface area contributed by atoms with E-state index in [-0.39, 0.29) is 33.7 Å².